The average molecular weight is 384 g/mol. The number of benzene rings is 2. The number of rotatable bonds is 3. The molecule has 5 nitrogen and oxygen atoms in total. The van der Waals surface area contributed by atoms with Crippen LogP contribution in [0.3, 0.4) is 0 Å². The van der Waals surface area contributed by atoms with Gasteiger partial charge in [0.25, 0.3) is 5.91 Å². The first-order valence-electron chi connectivity index (χ1n) is 9.65. The molecule has 0 bridgehead atoms. The van der Waals surface area contributed by atoms with Crippen LogP contribution in [0.15, 0.2) is 48.5 Å². The van der Waals surface area contributed by atoms with Crippen molar-refractivity contribution >= 4 is 22.6 Å². The molecule has 29 heavy (non-hydrogen) atoms. The van der Waals surface area contributed by atoms with Crippen molar-refractivity contribution in [3.63, 3.8) is 0 Å². The Morgan fingerprint density at radius 3 is 2.45 bits per heavy atom. The van der Waals surface area contributed by atoms with Crippen LogP contribution in [0.2, 0.25) is 0 Å². The second kappa shape index (κ2) is 7.17. The van der Waals surface area contributed by atoms with E-state index >= 15 is 0 Å². The SMILES string of the molecule is Cc1cccc(C(=O)Nc2cc(C)nn2-c2cc(C)c3cc(C)cc(C)c3n2)c1. The van der Waals surface area contributed by atoms with Crippen LogP contribution in [0.5, 0.6) is 0 Å². The largest absolute Gasteiger partial charge is 0.306 e. The third kappa shape index (κ3) is 3.63. The molecule has 146 valence electrons. The van der Waals surface area contributed by atoms with E-state index in [1.807, 2.05) is 44.2 Å². The molecule has 0 unspecified atom stereocenters. The highest BCUT2D eigenvalue weighted by Gasteiger charge is 2.15. The third-order valence-corrected chi connectivity index (χ3v) is 5.01. The lowest BCUT2D eigenvalue weighted by atomic mass is 10.0. The molecule has 2 heterocycles. The normalized spacial score (nSPS) is 11.1. The average Bonchev–Trinajstić information content (AvgIpc) is 3.02. The van der Waals surface area contributed by atoms with Crippen molar-refractivity contribution < 1.29 is 4.79 Å². The highest BCUT2D eigenvalue weighted by molar-refractivity contribution is 6.04. The van der Waals surface area contributed by atoms with Gasteiger partial charge in [-0.25, -0.2) is 4.98 Å². The second-order valence-corrected chi connectivity index (χ2v) is 7.68. The van der Waals surface area contributed by atoms with Gasteiger partial charge in [0, 0.05) is 17.0 Å². The Kier molecular flexibility index (Phi) is 4.66. The number of amides is 1. The number of fused-ring (bicyclic) bond motifs is 1. The monoisotopic (exact) mass is 384 g/mol. The number of carbonyl (C=O) groups excluding carboxylic acids is 1. The summed E-state index contributed by atoms with van der Waals surface area (Å²) in [5.41, 5.74) is 6.89. The maximum Gasteiger partial charge on any atom is 0.256 e. The van der Waals surface area contributed by atoms with E-state index in [9.17, 15) is 4.79 Å². The fourth-order valence-corrected chi connectivity index (χ4v) is 3.67. The molecule has 2 aromatic heterocycles. The molecule has 2 aromatic carbocycles. The number of carbonyl (C=O) groups is 1. The van der Waals surface area contributed by atoms with Gasteiger partial charge >= 0.3 is 0 Å². The predicted molar refractivity (Wildman–Crippen MR) is 117 cm³/mol. The number of aromatic nitrogens is 3. The number of anilines is 1. The Morgan fingerprint density at radius 2 is 1.69 bits per heavy atom. The van der Waals surface area contributed by atoms with Crippen molar-refractivity contribution in [1.29, 1.82) is 0 Å². The zero-order chi connectivity index (χ0) is 20.7. The Hall–Kier alpha value is -3.47. The van der Waals surface area contributed by atoms with E-state index in [0.29, 0.717) is 17.2 Å². The first-order valence-corrected chi connectivity index (χ1v) is 9.65. The van der Waals surface area contributed by atoms with Crippen molar-refractivity contribution in [2.24, 2.45) is 0 Å². The Balaban J connectivity index is 1.78. The molecule has 0 aliphatic rings. The summed E-state index contributed by atoms with van der Waals surface area (Å²) in [6, 6.07) is 15.7. The smallest absolute Gasteiger partial charge is 0.256 e. The summed E-state index contributed by atoms with van der Waals surface area (Å²) < 4.78 is 1.70. The summed E-state index contributed by atoms with van der Waals surface area (Å²) in [6.07, 6.45) is 0. The standard InChI is InChI=1S/C24H24N4O/c1-14-7-6-8-19(10-14)24(29)26-22-13-18(5)27-28(22)21-12-16(3)20-11-15(2)9-17(4)23(20)25-21/h6-13H,1-5H3,(H,26,29). The molecular formula is C24H24N4O. The highest BCUT2D eigenvalue weighted by atomic mass is 16.1. The molecule has 0 fully saturated rings. The van der Waals surface area contributed by atoms with E-state index in [0.717, 1.165) is 33.3 Å². The Labute approximate surface area is 170 Å². The maximum atomic E-state index is 12.8. The van der Waals surface area contributed by atoms with Crippen molar-refractivity contribution in [3.05, 3.63) is 82.0 Å². The van der Waals surface area contributed by atoms with Crippen LogP contribution in [0, 0.1) is 34.6 Å². The van der Waals surface area contributed by atoms with Crippen molar-refractivity contribution in [1.82, 2.24) is 14.8 Å². The molecule has 0 aliphatic carbocycles. The molecule has 0 saturated heterocycles. The van der Waals surface area contributed by atoms with E-state index in [-0.39, 0.29) is 5.91 Å². The molecule has 0 radical (unpaired) electrons. The van der Waals surface area contributed by atoms with Gasteiger partial charge in [0.05, 0.1) is 11.2 Å². The van der Waals surface area contributed by atoms with Gasteiger partial charge in [-0.3, -0.25) is 4.79 Å². The van der Waals surface area contributed by atoms with Crippen molar-refractivity contribution in [2.45, 2.75) is 34.6 Å². The Morgan fingerprint density at radius 1 is 0.897 bits per heavy atom. The van der Waals surface area contributed by atoms with Crippen LogP contribution in [0.4, 0.5) is 5.82 Å². The van der Waals surface area contributed by atoms with E-state index in [1.54, 1.807) is 10.7 Å². The van der Waals surface area contributed by atoms with E-state index in [1.165, 1.54) is 5.56 Å². The molecule has 0 saturated carbocycles. The summed E-state index contributed by atoms with van der Waals surface area (Å²) in [5, 5.41) is 8.71. The first kappa shape index (κ1) is 18.9. The van der Waals surface area contributed by atoms with Gasteiger partial charge in [-0.05, 0) is 70.0 Å². The van der Waals surface area contributed by atoms with Gasteiger partial charge in [0.2, 0.25) is 0 Å². The van der Waals surface area contributed by atoms with Crippen LogP contribution < -0.4 is 5.32 Å². The molecule has 5 heteroatoms. The number of aryl methyl sites for hydroxylation is 5. The predicted octanol–water partition coefficient (Wildman–Crippen LogP) is 5.21. The van der Waals surface area contributed by atoms with Gasteiger partial charge in [-0.2, -0.15) is 9.78 Å². The fraction of sp³-hybridized carbons (Fsp3) is 0.208. The van der Waals surface area contributed by atoms with E-state index in [2.05, 4.69) is 43.3 Å². The van der Waals surface area contributed by atoms with Crippen molar-refractivity contribution in [2.75, 3.05) is 5.32 Å². The summed E-state index contributed by atoms with van der Waals surface area (Å²) in [6.45, 7) is 10.1. The number of pyridine rings is 1. The zero-order valence-electron chi connectivity index (χ0n) is 17.4. The number of nitrogens with zero attached hydrogens (tertiary/aromatic N) is 3. The van der Waals surface area contributed by atoms with Gasteiger partial charge in [-0.15, -0.1) is 0 Å². The number of hydrogen-bond donors (Lipinski definition) is 1. The molecule has 0 aliphatic heterocycles. The molecule has 0 spiro atoms. The van der Waals surface area contributed by atoms with Crippen LogP contribution in [-0.4, -0.2) is 20.7 Å². The third-order valence-electron chi connectivity index (χ3n) is 5.01. The summed E-state index contributed by atoms with van der Waals surface area (Å²) in [4.78, 5) is 17.6. The summed E-state index contributed by atoms with van der Waals surface area (Å²) in [5.74, 6) is 1.12. The summed E-state index contributed by atoms with van der Waals surface area (Å²) in [7, 11) is 0. The lowest BCUT2D eigenvalue weighted by molar-refractivity contribution is 0.102. The lowest BCUT2D eigenvalue weighted by Gasteiger charge is -2.12. The first-order chi connectivity index (χ1) is 13.8. The molecule has 1 amide bonds. The van der Waals surface area contributed by atoms with Gasteiger partial charge in [0.1, 0.15) is 5.82 Å². The van der Waals surface area contributed by atoms with Crippen LogP contribution >= 0.6 is 0 Å². The fourth-order valence-electron chi connectivity index (χ4n) is 3.67. The highest BCUT2D eigenvalue weighted by Crippen LogP contribution is 2.26. The van der Waals surface area contributed by atoms with Crippen LogP contribution in [-0.2, 0) is 0 Å². The molecule has 1 N–H and O–H groups in total. The minimum absolute atomic E-state index is 0.167. The van der Waals surface area contributed by atoms with Gasteiger partial charge in [-0.1, -0.05) is 29.3 Å². The van der Waals surface area contributed by atoms with E-state index in [4.69, 9.17) is 4.98 Å². The number of hydrogen-bond acceptors (Lipinski definition) is 3. The quantitative estimate of drug-likeness (QED) is 0.527. The molecule has 4 rings (SSSR count). The summed E-state index contributed by atoms with van der Waals surface area (Å²) >= 11 is 0. The zero-order valence-corrected chi connectivity index (χ0v) is 17.4. The van der Waals surface area contributed by atoms with Gasteiger partial charge < -0.3 is 5.32 Å². The molecular weight excluding hydrogens is 360 g/mol. The molecule has 4 aromatic rings. The maximum absolute atomic E-state index is 12.8. The van der Waals surface area contributed by atoms with E-state index < -0.39 is 0 Å². The minimum atomic E-state index is -0.167. The van der Waals surface area contributed by atoms with Crippen molar-refractivity contribution in [3.8, 4) is 5.82 Å². The topological polar surface area (TPSA) is 59.8 Å². The lowest BCUT2D eigenvalue weighted by Crippen LogP contribution is -2.16. The minimum Gasteiger partial charge on any atom is -0.306 e. The van der Waals surface area contributed by atoms with Gasteiger partial charge in [0.15, 0.2) is 5.82 Å². The van der Waals surface area contributed by atoms with Crippen LogP contribution in [0.1, 0.15) is 38.3 Å². The van der Waals surface area contributed by atoms with Crippen LogP contribution in [0.25, 0.3) is 16.7 Å². The Bertz CT molecular complexity index is 1250. The second-order valence-electron chi connectivity index (χ2n) is 7.68. The molecule has 0 atom stereocenters. The number of nitrogens with one attached hydrogen (secondary N) is 1.